The molecule has 0 fully saturated rings. The molecule has 0 aliphatic rings. The van der Waals surface area contributed by atoms with Gasteiger partial charge in [0, 0.05) is 30.3 Å². The van der Waals surface area contributed by atoms with E-state index in [-0.39, 0.29) is 31.2 Å². The van der Waals surface area contributed by atoms with Gasteiger partial charge in [0.1, 0.15) is 0 Å². The third kappa shape index (κ3) is 5.78. The van der Waals surface area contributed by atoms with Gasteiger partial charge >= 0.3 is 23.5 Å². The smallest absolute Gasteiger partial charge is 0.462 e. The highest BCUT2D eigenvalue weighted by molar-refractivity contribution is 5.91. The van der Waals surface area contributed by atoms with Crippen LogP contribution in [0.3, 0.4) is 0 Å². The van der Waals surface area contributed by atoms with Gasteiger partial charge in [0.05, 0.1) is 6.61 Å². The molecular formula is C15H14N2O9. The van der Waals surface area contributed by atoms with Crippen molar-refractivity contribution in [2.75, 3.05) is 6.61 Å². The van der Waals surface area contributed by atoms with E-state index in [2.05, 4.69) is 13.8 Å². The summed E-state index contributed by atoms with van der Waals surface area (Å²) >= 11 is 0. The molecule has 11 nitrogen and oxygen atoms in total. The molecule has 2 N–H and O–H groups in total. The maximum absolute atomic E-state index is 11.5. The molecule has 0 amide bonds. The summed E-state index contributed by atoms with van der Waals surface area (Å²) in [6.07, 6.45) is 1.80. The SMILES string of the molecule is Cc1oc(=O)oc1COC(=O)/C=C/C(=O)OCCc1cc(=O)[nH]c(=O)[nH]1. The van der Waals surface area contributed by atoms with E-state index in [1.54, 1.807) is 0 Å². The van der Waals surface area contributed by atoms with Crippen LogP contribution in [-0.4, -0.2) is 28.5 Å². The number of H-pyrrole nitrogens is 2. The normalized spacial score (nSPS) is 10.8. The largest absolute Gasteiger partial charge is 0.519 e. The number of hydrogen-bond acceptors (Lipinski definition) is 9. The van der Waals surface area contributed by atoms with Gasteiger partial charge < -0.3 is 23.3 Å². The maximum Gasteiger partial charge on any atom is 0.519 e. The second-order valence-corrected chi connectivity index (χ2v) is 4.90. The first-order chi connectivity index (χ1) is 12.3. The Kier molecular flexibility index (Phi) is 6.09. The van der Waals surface area contributed by atoms with Gasteiger partial charge in [-0.25, -0.2) is 19.2 Å². The predicted octanol–water partition coefficient (Wildman–Crippen LogP) is -0.697. The van der Waals surface area contributed by atoms with Crippen molar-refractivity contribution in [1.82, 2.24) is 9.97 Å². The molecule has 0 spiro atoms. The quantitative estimate of drug-likeness (QED) is 0.477. The summed E-state index contributed by atoms with van der Waals surface area (Å²) in [5.41, 5.74) is -0.932. The number of ether oxygens (including phenoxy) is 2. The maximum atomic E-state index is 11.5. The van der Waals surface area contributed by atoms with Crippen molar-refractivity contribution >= 4 is 11.9 Å². The molecule has 2 rings (SSSR count). The van der Waals surface area contributed by atoms with E-state index < -0.39 is 29.0 Å². The summed E-state index contributed by atoms with van der Waals surface area (Å²) in [7, 11) is 0. The van der Waals surface area contributed by atoms with Gasteiger partial charge in [0.25, 0.3) is 5.56 Å². The van der Waals surface area contributed by atoms with Crippen LogP contribution in [0, 0.1) is 6.92 Å². The number of nitrogens with one attached hydrogen (secondary N) is 2. The molecule has 2 aromatic heterocycles. The van der Waals surface area contributed by atoms with Crippen LogP contribution in [-0.2, 0) is 32.1 Å². The summed E-state index contributed by atoms with van der Waals surface area (Å²) in [4.78, 5) is 60.3. The predicted molar refractivity (Wildman–Crippen MR) is 83.3 cm³/mol. The molecule has 0 saturated carbocycles. The summed E-state index contributed by atoms with van der Waals surface area (Å²) in [5, 5.41) is 0. The first-order valence-corrected chi connectivity index (χ1v) is 7.27. The van der Waals surface area contributed by atoms with Crippen LogP contribution < -0.4 is 17.1 Å². The number of carbonyl (C=O) groups excluding carboxylic acids is 2. The lowest BCUT2D eigenvalue weighted by atomic mass is 10.3. The minimum absolute atomic E-state index is 0.0613. The molecule has 26 heavy (non-hydrogen) atoms. The lowest BCUT2D eigenvalue weighted by Gasteiger charge is -2.02. The highest BCUT2D eigenvalue weighted by Crippen LogP contribution is 2.06. The molecule has 0 aliphatic carbocycles. The van der Waals surface area contributed by atoms with Crippen molar-refractivity contribution in [2.24, 2.45) is 0 Å². The second kappa shape index (κ2) is 8.46. The number of aromatic amines is 2. The third-order valence-corrected chi connectivity index (χ3v) is 2.97. The van der Waals surface area contributed by atoms with Gasteiger partial charge in [-0.15, -0.1) is 0 Å². The first kappa shape index (κ1) is 18.7. The molecule has 2 aromatic rings. The summed E-state index contributed by atoms with van der Waals surface area (Å²) in [5.74, 6) is -2.34. The Morgan fingerprint density at radius 3 is 2.38 bits per heavy atom. The van der Waals surface area contributed by atoms with Crippen LogP contribution >= 0.6 is 0 Å². The fourth-order valence-corrected chi connectivity index (χ4v) is 1.79. The number of hydrogen-bond donors (Lipinski definition) is 2. The number of aryl methyl sites for hydroxylation is 1. The molecule has 0 aromatic carbocycles. The van der Waals surface area contributed by atoms with Gasteiger partial charge in [0.15, 0.2) is 18.1 Å². The molecule has 0 aliphatic heterocycles. The summed E-state index contributed by atoms with van der Waals surface area (Å²) in [6, 6.07) is 1.17. The van der Waals surface area contributed by atoms with E-state index in [0.717, 1.165) is 12.2 Å². The van der Waals surface area contributed by atoms with Crippen molar-refractivity contribution in [2.45, 2.75) is 20.0 Å². The summed E-state index contributed by atoms with van der Waals surface area (Å²) < 4.78 is 18.8. The van der Waals surface area contributed by atoms with E-state index in [0.29, 0.717) is 5.69 Å². The number of rotatable bonds is 7. The van der Waals surface area contributed by atoms with Crippen molar-refractivity contribution < 1.29 is 27.9 Å². The lowest BCUT2D eigenvalue weighted by Crippen LogP contribution is -2.23. The van der Waals surface area contributed by atoms with Gasteiger partial charge in [-0.3, -0.25) is 9.78 Å². The molecule has 138 valence electrons. The fourth-order valence-electron chi connectivity index (χ4n) is 1.79. The zero-order chi connectivity index (χ0) is 19.1. The van der Waals surface area contributed by atoms with Crippen LogP contribution in [0.5, 0.6) is 0 Å². The number of esters is 2. The van der Waals surface area contributed by atoms with Crippen molar-refractivity contribution in [3.8, 4) is 0 Å². The van der Waals surface area contributed by atoms with Crippen molar-refractivity contribution in [1.29, 1.82) is 0 Å². The van der Waals surface area contributed by atoms with Crippen molar-refractivity contribution in [3.63, 3.8) is 0 Å². The van der Waals surface area contributed by atoms with Crippen LogP contribution in [0.2, 0.25) is 0 Å². The van der Waals surface area contributed by atoms with Crippen LogP contribution in [0.4, 0.5) is 0 Å². The molecule has 2 heterocycles. The zero-order valence-corrected chi connectivity index (χ0v) is 13.5. The average molecular weight is 366 g/mol. The molecule has 11 heteroatoms. The molecule has 0 radical (unpaired) electrons. The Labute approximate surface area is 144 Å². The van der Waals surface area contributed by atoms with Crippen LogP contribution in [0.15, 0.2) is 41.4 Å². The Morgan fingerprint density at radius 1 is 1.08 bits per heavy atom. The molecule has 0 unspecified atom stereocenters. The standard InChI is InChI=1S/C15H14N2O9/c1-8-10(26-15(22)25-8)7-24-13(20)3-2-12(19)23-5-4-9-6-11(18)17-14(21)16-9/h2-3,6H,4-5,7H2,1H3,(H2,16,17,18,21)/b3-2+. The van der Waals surface area contributed by atoms with E-state index >= 15 is 0 Å². The van der Waals surface area contributed by atoms with Gasteiger partial charge in [-0.2, -0.15) is 0 Å². The molecule has 0 bridgehead atoms. The number of aromatic nitrogens is 2. The summed E-state index contributed by atoms with van der Waals surface area (Å²) in [6.45, 7) is 1.03. The highest BCUT2D eigenvalue weighted by atomic mass is 16.6. The topological polar surface area (TPSA) is 162 Å². The Balaban J connectivity index is 1.75. The van der Waals surface area contributed by atoms with Crippen LogP contribution in [0.1, 0.15) is 17.2 Å². The second-order valence-electron chi connectivity index (χ2n) is 4.90. The Bertz CT molecular complexity index is 961. The Hall–Kier alpha value is -3.63. The monoisotopic (exact) mass is 366 g/mol. The molecule has 0 saturated heterocycles. The van der Waals surface area contributed by atoms with E-state index in [1.807, 2.05) is 4.98 Å². The minimum Gasteiger partial charge on any atom is -0.462 e. The van der Waals surface area contributed by atoms with E-state index in [9.17, 15) is 24.0 Å². The fraction of sp³-hybridized carbons (Fsp3) is 0.267. The van der Waals surface area contributed by atoms with Gasteiger partial charge in [-0.1, -0.05) is 0 Å². The van der Waals surface area contributed by atoms with E-state index in [1.165, 1.54) is 13.0 Å². The van der Waals surface area contributed by atoms with Gasteiger partial charge in [0.2, 0.25) is 0 Å². The average Bonchev–Trinajstić information content (AvgIpc) is 2.87. The molecular weight excluding hydrogens is 352 g/mol. The number of carbonyl (C=O) groups is 2. The first-order valence-electron chi connectivity index (χ1n) is 7.27. The zero-order valence-electron chi connectivity index (χ0n) is 13.5. The van der Waals surface area contributed by atoms with Gasteiger partial charge in [-0.05, 0) is 6.92 Å². The van der Waals surface area contributed by atoms with E-state index in [4.69, 9.17) is 9.47 Å². The molecule has 0 atom stereocenters. The lowest BCUT2D eigenvalue weighted by molar-refractivity contribution is -0.141. The third-order valence-electron chi connectivity index (χ3n) is 2.97. The van der Waals surface area contributed by atoms with Crippen LogP contribution in [0.25, 0.3) is 0 Å². The Morgan fingerprint density at radius 2 is 1.77 bits per heavy atom. The van der Waals surface area contributed by atoms with Crippen molar-refractivity contribution in [3.05, 3.63) is 66.9 Å². The minimum atomic E-state index is -0.908. The highest BCUT2D eigenvalue weighted by Gasteiger charge is 2.10.